The molecule has 2 aromatic heterocycles. The molecular formula is C27H38N6O. The molecule has 0 atom stereocenters. The van der Waals surface area contributed by atoms with Crippen molar-refractivity contribution in [1.82, 2.24) is 24.6 Å². The molecule has 3 aromatic rings. The molecule has 1 aliphatic heterocycles. The summed E-state index contributed by atoms with van der Waals surface area (Å²) in [5, 5.41) is 5.88. The van der Waals surface area contributed by atoms with Gasteiger partial charge < -0.3 is 9.80 Å². The van der Waals surface area contributed by atoms with Crippen LogP contribution in [0.2, 0.25) is 0 Å². The molecule has 7 heteroatoms. The fraction of sp³-hybridized carbons (Fsp3) is 0.556. The van der Waals surface area contributed by atoms with Crippen molar-refractivity contribution in [2.24, 2.45) is 5.41 Å². The first-order valence-corrected chi connectivity index (χ1v) is 12.6. The van der Waals surface area contributed by atoms with Crippen molar-refractivity contribution < 1.29 is 4.79 Å². The first-order chi connectivity index (χ1) is 16.3. The second kappa shape index (κ2) is 10.1. The van der Waals surface area contributed by atoms with Gasteiger partial charge in [0.05, 0.1) is 16.8 Å². The fourth-order valence-electron chi connectivity index (χ4n) is 4.57. The molecule has 34 heavy (non-hydrogen) atoms. The third-order valence-electron chi connectivity index (χ3n) is 6.31. The number of rotatable bonds is 6. The molecule has 182 valence electrons. The van der Waals surface area contributed by atoms with E-state index in [0.29, 0.717) is 6.42 Å². The molecule has 0 unspecified atom stereocenters. The Bertz CT molecular complexity index is 1130. The minimum atomic E-state index is -0.000789. The van der Waals surface area contributed by atoms with E-state index in [0.717, 1.165) is 85.9 Å². The molecule has 3 heterocycles. The smallest absolute Gasteiger partial charge is 0.223 e. The maximum atomic E-state index is 12.9. The van der Waals surface area contributed by atoms with Crippen molar-refractivity contribution >= 4 is 22.8 Å². The van der Waals surface area contributed by atoms with Gasteiger partial charge in [0.2, 0.25) is 5.91 Å². The first-order valence-electron chi connectivity index (χ1n) is 12.6. The molecule has 0 aliphatic carbocycles. The number of aromatic nitrogens is 4. The summed E-state index contributed by atoms with van der Waals surface area (Å²) in [5.41, 5.74) is 2.80. The SMILES string of the molecule is CCCCc1nc(N2CCCN(C(=O)CC(C)(C)C)CC2)c2c(C)nn(-c3ccccc3)c2n1. The number of anilines is 1. The number of nitrogens with zero attached hydrogens (tertiary/aromatic N) is 6. The summed E-state index contributed by atoms with van der Waals surface area (Å²) in [4.78, 5) is 27.3. The molecule has 0 N–H and O–H groups in total. The lowest BCUT2D eigenvalue weighted by atomic mass is 9.91. The van der Waals surface area contributed by atoms with Crippen LogP contribution < -0.4 is 4.90 Å². The standard InChI is InChI=1S/C27H38N6O/c1-6-7-14-22-28-25(32-16-11-15-31(17-18-32)23(34)19-27(3,4)5)24-20(2)30-33(26(24)29-22)21-12-9-8-10-13-21/h8-10,12-13H,6-7,11,14-19H2,1-5H3. The van der Waals surface area contributed by atoms with Gasteiger partial charge in [0.25, 0.3) is 0 Å². The second-order valence-electron chi connectivity index (χ2n) is 10.6. The van der Waals surface area contributed by atoms with Gasteiger partial charge in [0, 0.05) is 39.0 Å². The lowest BCUT2D eigenvalue weighted by Gasteiger charge is -2.26. The molecule has 0 spiro atoms. The van der Waals surface area contributed by atoms with Gasteiger partial charge in [-0.1, -0.05) is 52.3 Å². The Morgan fingerprint density at radius 2 is 1.79 bits per heavy atom. The van der Waals surface area contributed by atoms with Gasteiger partial charge in [-0.2, -0.15) is 5.10 Å². The molecule has 0 saturated carbocycles. The molecule has 1 saturated heterocycles. The molecule has 1 amide bonds. The minimum absolute atomic E-state index is 0.000789. The van der Waals surface area contributed by atoms with Gasteiger partial charge in [-0.05, 0) is 37.3 Å². The fourth-order valence-corrected chi connectivity index (χ4v) is 4.57. The van der Waals surface area contributed by atoms with Gasteiger partial charge in [-0.25, -0.2) is 14.6 Å². The van der Waals surface area contributed by atoms with Crippen molar-refractivity contribution in [3.63, 3.8) is 0 Å². The molecule has 1 aromatic carbocycles. The Balaban J connectivity index is 1.70. The Labute approximate surface area is 203 Å². The zero-order valence-electron chi connectivity index (χ0n) is 21.3. The zero-order chi connectivity index (χ0) is 24.3. The Hall–Kier alpha value is -2.96. The van der Waals surface area contributed by atoms with E-state index in [1.807, 2.05) is 34.7 Å². The van der Waals surface area contributed by atoms with Crippen LogP contribution in [0.25, 0.3) is 16.7 Å². The molecule has 1 aliphatic rings. The second-order valence-corrected chi connectivity index (χ2v) is 10.6. The quantitative estimate of drug-likeness (QED) is 0.519. The zero-order valence-corrected chi connectivity index (χ0v) is 21.3. The van der Waals surface area contributed by atoms with Gasteiger partial charge >= 0.3 is 0 Å². The van der Waals surface area contributed by atoms with E-state index in [4.69, 9.17) is 15.1 Å². The third kappa shape index (κ3) is 5.40. The summed E-state index contributed by atoms with van der Waals surface area (Å²) in [6.45, 7) is 13.8. The van der Waals surface area contributed by atoms with E-state index >= 15 is 0 Å². The van der Waals surface area contributed by atoms with Gasteiger partial charge in [-0.3, -0.25) is 4.79 Å². The van der Waals surface area contributed by atoms with E-state index in [1.165, 1.54) is 0 Å². The van der Waals surface area contributed by atoms with Crippen LogP contribution >= 0.6 is 0 Å². The van der Waals surface area contributed by atoms with Crippen LogP contribution in [-0.2, 0) is 11.2 Å². The monoisotopic (exact) mass is 462 g/mol. The summed E-state index contributed by atoms with van der Waals surface area (Å²) in [6.07, 6.45) is 4.51. The molecule has 7 nitrogen and oxygen atoms in total. The lowest BCUT2D eigenvalue weighted by Crippen LogP contribution is -2.37. The van der Waals surface area contributed by atoms with Crippen LogP contribution in [0.3, 0.4) is 0 Å². The summed E-state index contributed by atoms with van der Waals surface area (Å²) in [7, 11) is 0. The first kappa shape index (κ1) is 24.2. The highest BCUT2D eigenvalue weighted by molar-refractivity contribution is 5.91. The molecule has 4 rings (SSSR count). The van der Waals surface area contributed by atoms with E-state index in [2.05, 4.69) is 44.7 Å². The number of carbonyl (C=O) groups is 1. The van der Waals surface area contributed by atoms with Crippen LogP contribution in [-0.4, -0.2) is 56.7 Å². The van der Waals surface area contributed by atoms with Crippen molar-refractivity contribution in [3.8, 4) is 5.69 Å². The summed E-state index contributed by atoms with van der Waals surface area (Å²) in [5.74, 6) is 2.08. The van der Waals surface area contributed by atoms with Crippen LogP contribution in [0.4, 0.5) is 5.82 Å². The Morgan fingerprint density at radius 3 is 2.50 bits per heavy atom. The Kier molecular flexibility index (Phi) is 7.19. The number of para-hydroxylation sites is 1. The summed E-state index contributed by atoms with van der Waals surface area (Å²) in [6, 6.07) is 10.2. The topological polar surface area (TPSA) is 67.2 Å². The van der Waals surface area contributed by atoms with Crippen molar-refractivity contribution in [2.75, 3.05) is 31.1 Å². The number of hydrogen-bond donors (Lipinski definition) is 0. The van der Waals surface area contributed by atoms with E-state index < -0.39 is 0 Å². The predicted molar refractivity (Wildman–Crippen MR) is 137 cm³/mol. The molecule has 0 radical (unpaired) electrons. The summed E-state index contributed by atoms with van der Waals surface area (Å²) >= 11 is 0. The maximum Gasteiger partial charge on any atom is 0.223 e. The van der Waals surface area contributed by atoms with Crippen molar-refractivity contribution in [2.45, 2.75) is 66.7 Å². The maximum absolute atomic E-state index is 12.9. The highest BCUT2D eigenvalue weighted by atomic mass is 16.2. The molecule has 1 fully saturated rings. The lowest BCUT2D eigenvalue weighted by molar-refractivity contribution is -0.132. The highest BCUT2D eigenvalue weighted by Crippen LogP contribution is 2.30. The average Bonchev–Trinajstić information content (AvgIpc) is 2.97. The van der Waals surface area contributed by atoms with E-state index in [-0.39, 0.29) is 11.3 Å². The Morgan fingerprint density at radius 1 is 1.03 bits per heavy atom. The van der Waals surface area contributed by atoms with Crippen molar-refractivity contribution in [1.29, 1.82) is 0 Å². The van der Waals surface area contributed by atoms with E-state index in [1.54, 1.807) is 0 Å². The molecular weight excluding hydrogens is 424 g/mol. The minimum Gasteiger partial charge on any atom is -0.354 e. The van der Waals surface area contributed by atoms with Crippen LogP contribution in [0.15, 0.2) is 30.3 Å². The van der Waals surface area contributed by atoms with Gasteiger partial charge in [-0.15, -0.1) is 0 Å². The van der Waals surface area contributed by atoms with Crippen molar-refractivity contribution in [3.05, 3.63) is 41.9 Å². The number of aryl methyl sites for hydroxylation is 2. The van der Waals surface area contributed by atoms with E-state index in [9.17, 15) is 4.79 Å². The van der Waals surface area contributed by atoms with Crippen LogP contribution in [0, 0.1) is 12.3 Å². The summed E-state index contributed by atoms with van der Waals surface area (Å²) < 4.78 is 1.95. The number of hydrogen-bond acceptors (Lipinski definition) is 5. The average molecular weight is 463 g/mol. The highest BCUT2D eigenvalue weighted by Gasteiger charge is 2.26. The number of carbonyl (C=O) groups excluding carboxylic acids is 1. The van der Waals surface area contributed by atoms with Gasteiger partial charge in [0.15, 0.2) is 5.65 Å². The number of unbranched alkanes of at least 4 members (excludes halogenated alkanes) is 1. The predicted octanol–water partition coefficient (Wildman–Crippen LogP) is 4.94. The number of amides is 1. The largest absolute Gasteiger partial charge is 0.354 e. The number of fused-ring (bicyclic) bond motifs is 1. The third-order valence-corrected chi connectivity index (χ3v) is 6.31. The van der Waals surface area contributed by atoms with Crippen LogP contribution in [0.1, 0.15) is 64.9 Å². The normalized spacial score (nSPS) is 15.1. The van der Waals surface area contributed by atoms with Gasteiger partial charge in [0.1, 0.15) is 11.6 Å². The van der Waals surface area contributed by atoms with Crippen LogP contribution in [0.5, 0.6) is 0 Å². The molecule has 0 bridgehead atoms. The number of benzene rings is 1.